The predicted molar refractivity (Wildman–Crippen MR) is 137 cm³/mol. The molecule has 0 aliphatic heterocycles. The topological polar surface area (TPSA) is 77.1 Å². The average Bonchev–Trinajstić information content (AvgIpc) is 3.31. The smallest absolute Gasteiger partial charge is 0.231 e. The fourth-order valence-corrected chi connectivity index (χ4v) is 3.67. The molecule has 0 saturated heterocycles. The summed E-state index contributed by atoms with van der Waals surface area (Å²) < 4.78 is 17.1. The summed E-state index contributed by atoms with van der Waals surface area (Å²) >= 11 is 5.93. The van der Waals surface area contributed by atoms with Gasteiger partial charge in [-0.1, -0.05) is 35.9 Å². The minimum Gasteiger partial charge on any atom is -0.507 e. The number of methoxy groups -OCH3 is 1. The van der Waals surface area contributed by atoms with E-state index in [2.05, 4.69) is 9.98 Å². The Bertz CT molecular complexity index is 1480. The van der Waals surface area contributed by atoms with Gasteiger partial charge in [0.1, 0.15) is 17.9 Å². The van der Waals surface area contributed by atoms with Crippen LogP contribution in [0.25, 0.3) is 22.6 Å². The Morgan fingerprint density at radius 3 is 2.57 bits per heavy atom. The number of ether oxygens (including phenoxy) is 2. The van der Waals surface area contributed by atoms with Crippen molar-refractivity contribution in [3.8, 4) is 28.7 Å². The second-order valence-corrected chi connectivity index (χ2v) is 8.21. The lowest BCUT2D eigenvalue weighted by Gasteiger charge is -2.11. The number of oxazole rings is 1. The van der Waals surface area contributed by atoms with Gasteiger partial charge in [-0.2, -0.15) is 0 Å². The maximum atomic E-state index is 10.5. The van der Waals surface area contributed by atoms with Crippen LogP contribution in [0.1, 0.15) is 11.1 Å². The highest BCUT2D eigenvalue weighted by atomic mass is 35.5. The zero-order chi connectivity index (χ0) is 24.2. The molecule has 174 valence electrons. The Hall–Kier alpha value is -4.29. The Morgan fingerprint density at radius 2 is 1.80 bits per heavy atom. The van der Waals surface area contributed by atoms with Crippen molar-refractivity contribution in [3.63, 3.8) is 0 Å². The second kappa shape index (κ2) is 9.91. The quantitative estimate of drug-likeness (QED) is 0.247. The summed E-state index contributed by atoms with van der Waals surface area (Å²) in [6.07, 6.45) is 1.69. The first-order valence-corrected chi connectivity index (χ1v) is 11.3. The van der Waals surface area contributed by atoms with Crippen molar-refractivity contribution in [1.82, 2.24) is 4.98 Å². The molecule has 35 heavy (non-hydrogen) atoms. The summed E-state index contributed by atoms with van der Waals surface area (Å²) in [7, 11) is 1.59. The minimum absolute atomic E-state index is 0.0368. The van der Waals surface area contributed by atoms with Crippen LogP contribution in [0.5, 0.6) is 17.2 Å². The van der Waals surface area contributed by atoms with Crippen LogP contribution in [0.3, 0.4) is 0 Å². The number of benzene rings is 4. The Kier molecular flexibility index (Phi) is 6.37. The summed E-state index contributed by atoms with van der Waals surface area (Å²) in [6, 6.07) is 25.6. The van der Waals surface area contributed by atoms with E-state index in [1.165, 1.54) is 0 Å². The highest BCUT2D eigenvalue weighted by molar-refractivity contribution is 6.30. The van der Waals surface area contributed by atoms with Gasteiger partial charge in [-0.3, -0.25) is 4.99 Å². The first-order valence-electron chi connectivity index (χ1n) is 10.9. The number of aromatic nitrogens is 1. The number of para-hydroxylation sites is 2. The summed E-state index contributed by atoms with van der Waals surface area (Å²) in [5, 5.41) is 11.2. The molecule has 0 fully saturated rings. The molecular weight excluding hydrogens is 464 g/mol. The van der Waals surface area contributed by atoms with Crippen LogP contribution in [0.4, 0.5) is 5.69 Å². The van der Waals surface area contributed by atoms with Gasteiger partial charge in [0.05, 0.1) is 18.4 Å². The third kappa shape index (κ3) is 5.13. The fourth-order valence-electron chi connectivity index (χ4n) is 3.54. The number of aromatic hydroxyl groups is 1. The van der Waals surface area contributed by atoms with Crippen molar-refractivity contribution in [2.45, 2.75) is 6.61 Å². The summed E-state index contributed by atoms with van der Waals surface area (Å²) in [5.41, 5.74) is 4.32. The van der Waals surface area contributed by atoms with Gasteiger partial charge in [0.2, 0.25) is 5.89 Å². The number of hydrogen-bond acceptors (Lipinski definition) is 6. The Balaban J connectivity index is 1.30. The molecule has 1 heterocycles. The molecule has 0 aliphatic carbocycles. The average molecular weight is 485 g/mol. The fraction of sp³-hybridized carbons (Fsp3) is 0.0714. The lowest BCUT2D eigenvalue weighted by atomic mass is 10.1. The Labute approximate surface area is 207 Å². The maximum absolute atomic E-state index is 10.5. The number of phenols is 1. The molecule has 0 saturated carbocycles. The molecule has 0 spiro atoms. The number of nitrogens with zero attached hydrogens (tertiary/aromatic N) is 2. The van der Waals surface area contributed by atoms with E-state index in [-0.39, 0.29) is 5.75 Å². The van der Waals surface area contributed by atoms with E-state index in [0.29, 0.717) is 45.9 Å². The van der Waals surface area contributed by atoms with Gasteiger partial charge in [-0.25, -0.2) is 4.98 Å². The summed E-state index contributed by atoms with van der Waals surface area (Å²) in [6.45, 7) is 0.396. The van der Waals surface area contributed by atoms with Gasteiger partial charge >= 0.3 is 0 Å². The van der Waals surface area contributed by atoms with Crippen LogP contribution in [0.15, 0.2) is 94.3 Å². The van der Waals surface area contributed by atoms with E-state index in [9.17, 15) is 5.11 Å². The number of hydrogen-bond donors (Lipinski definition) is 1. The van der Waals surface area contributed by atoms with Crippen LogP contribution in [0.2, 0.25) is 5.02 Å². The van der Waals surface area contributed by atoms with Gasteiger partial charge in [0.25, 0.3) is 0 Å². The highest BCUT2D eigenvalue weighted by Crippen LogP contribution is 2.34. The number of fused-ring (bicyclic) bond motifs is 1. The van der Waals surface area contributed by atoms with Crippen molar-refractivity contribution in [2.75, 3.05) is 7.11 Å². The second-order valence-electron chi connectivity index (χ2n) is 7.77. The van der Waals surface area contributed by atoms with Crippen LogP contribution < -0.4 is 9.47 Å². The summed E-state index contributed by atoms with van der Waals surface area (Å²) in [4.78, 5) is 8.91. The van der Waals surface area contributed by atoms with Crippen molar-refractivity contribution in [1.29, 1.82) is 0 Å². The largest absolute Gasteiger partial charge is 0.507 e. The zero-order valence-corrected chi connectivity index (χ0v) is 19.6. The van der Waals surface area contributed by atoms with E-state index < -0.39 is 0 Å². The molecule has 4 aromatic carbocycles. The zero-order valence-electron chi connectivity index (χ0n) is 18.8. The molecule has 0 atom stereocenters. The first kappa shape index (κ1) is 22.5. The Morgan fingerprint density at radius 1 is 0.971 bits per heavy atom. The van der Waals surface area contributed by atoms with E-state index in [1.807, 2.05) is 66.7 Å². The molecule has 5 rings (SSSR count). The molecule has 0 bridgehead atoms. The van der Waals surface area contributed by atoms with Crippen molar-refractivity contribution >= 4 is 34.6 Å². The standard InChI is InChI=1S/C28H21ClN2O4/c1-33-27-14-19(8-13-26(27)34-17-18-6-9-20(29)10-7-18)16-30-21-11-12-22(24(32)15-21)28-31-23-4-2-3-5-25(23)35-28/h2-16,32H,17H2,1H3. The van der Waals surface area contributed by atoms with Gasteiger partial charge in [-0.15, -0.1) is 0 Å². The number of rotatable bonds is 7. The van der Waals surface area contributed by atoms with E-state index in [0.717, 1.165) is 16.6 Å². The van der Waals surface area contributed by atoms with Gasteiger partial charge in [0, 0.05) is 17.3 Å². The van der Waals surface area contributed by atoms with Crippen LogP contribution in [0, 0.1) is 0 Å². The predicted octanol–water partition coefficient (Wildman–Crippen LogP) is 7.19. The molecule has 1 N–H and O–H groups in total. The third-order valence-electron chi connectivity index (χ3n) is 5.36. The van der Waals surface area contributed by atoms with Gasteiger partial charge in [-0.05, 0) is 65.7 Å². The lowest BCUT2D eigenvalue weighted by Crippen LogP contribution is -1.98. The lowest BCUT2D eigenvalue weighted by molar-refractivity contribution is 0.284. The van der Waals surface area contributed by atoms with E-state index in [1.54, 1.807) is 31.5 Å². The van der Waals surface area contributed by atoms with E-state index in [4.69, 9.17) is 25.5 Å². The van der Waals surface area contributed by atoms with Crippen LogP contribution in [-0.4, -0.2) is 23.4 Å². The third-order valence-corrected chi connectivity index (χ3v) is 5.62. The minimum atomic E-state index is 0.0368. The van der Waals surface area contributed by atoms with Crippen molar-refractivity contribution in [2.24, 2.45) is 4.99 Å². The molecule has 5 aromatic rings. The molecule has 1 aromatic heterocycles. The number of aliphatic imine (C=N–C) groups is 1. The summed E-state index contributed by atoms with van der Waals surface area (Å²) in [5.74, 6) is 1.62. The molecular formula is C28H21ClN2O4. The SMILES string of the molecule is COc1cc(C=Nc2ccc(-c3nc4ccccc4o3)c(O)c2)ccc1OCc1ccc(Cl)cc1. The molecule has 0 radical (unpaired) electrons. The first-order chi connectivity index (χ1) is 17.1. The van der Waals surface area contributed by atoms with Gasteiger partial charge < -0.3 is 19.0 Å². The molecule has 0 amide bonds. The van der Waals surface area contributed by atoms with Crippen molar-refractivity contribution < 1.29 is 19.0 Å². The van der Waals surface area contributed by atoms with Crippen LogP contribution >= 0.6 is 11.6 Å². The monoisotopic (exact) mass is 484 g/mol. The molecule has 0 aliphatic rings. The highest BCUT2D eigenvalue weighted by Gasteiger charge is 2.12. The molecule has 0 unspecified atom stereocenters. The molecule has 7 heteroatoms. The van der Waals surface area contributed by atoms with E-state index >= 15 is 0 Å². The van der Waals surface area contributed by atoms with Crippen LogP contribution in [-0.2, 0) is 6.61 Å². The molecule has 6 nitrogen and oxygen atoms in total. The van der Waals surface area contributed by atoms with Gasteiger partial charge in [0.15, 0.2) is 17.1 Å². The maximum Gasteiger partial charge on any atom is 0.231 e. The normalized spacial score (nSPS) is 11.3. The number of phenolic OH excluding ortho intramolecular Hbond substituents is 1. The van der Waals surface area contributed by atoms with Crippen molar-refractivity contribution in [3.05, 3.63) is 101 Å². The number of halogens is 1.